The van der Waals surface area contributed by atoms with Crippen LogP contribution in [0.3, 0.4) is 0 Å². The molecule has 1 fully saturated rings. The third kappa shape index (κ3) is 5.18. The van der Waals surface area contributed by atoms with Gasteiger partial charge in [-0.05, 0) is 45.6 Å². The highest BCUT2D eigenvalue weighted by Crippen LogP contribution is 2.21. The number of pyridine rings is 1. The molecule has 6 heteroatoms. The van der Waals surface area contributed by atoms with Crippen LogP contribution in [0.4, 0.5) is 0 Å². The van der Waals surface area contributed by atoms with E-state index in [2.05, 4.69) is 20.6 Å². The van der Waals surface area contributed by atoms with Gasteiger partial charge in [-0.25, -0.2) is 10.4 Å². The molecular weight excluding hydrogens is 350 g/mol. The molecule has 2 aromatic heterocycles. The maximum atomic E-state index is 12.9. The zero-order valence-corrected chi connectivity index (χ0v) is 17.6. The highest BCUT2D eigenvalue weighted by atomic mass is 16.2. The zero-order chi connectivity index (χ0) is 19.9. The van der Waals surface area contributed by atoms with E-state index in [-0.39, 0.29) is 5.91 Å². The maximum Gasteiger partial charge on any atom is 0.272 e. The molecule has 152 valence electrons. The fourth-order valence-electron chi connectivity index (χ4n) is 4.07. The number of carbonyl (C=O) groups is 1. The van der Waals surface area contributed by atoms with Gasteiger partial charge < -0.3 is 0 Å². The van der Waals surface area contributed by atoms with Gasteiger partial charge in [0.1, 0.15) is 0 Å². The largest absolute Gasteiger partial charge is 0.272 e. The number of aryl methyl sites for hydroxylation is 3. The van der Waals surface area contributed by atoms with Crippen LogP contribution >= 0.6 is 0 Å². The molecule has 0 atom stereocenters. The Balaban J connectivity index is 1.74. The molecule has 2 heterocycles. The molecule has 6 nitrogen and oxygen atoms in total. The van der Waals surface area contributed by atoms with Gasteiger partial charge >= 0.3 is 0 Å². The third-order valence-electron chi connectivity index (χ3n) is 5.59. The summed E-state index contributed by atoms with van der Waals surface area (Å²) < 4.78 is 1.73. The van der Waals surface area contributed by atoms with Gasteiger partial charge in [0, 0.05) is 18.5 Å². The van der Waals surface area contributed by atoms with Crippen LogP contribution in [0, 0.1) is 13.8 Å². The molecule has 0 saturated heterocycles. The predicted octanol–water partition coefficient (Wildman–Crippen LogP) is 4.98. The Morgan fingerprint density at radius 2 is 1.57 bits per heavy atom. The number of rotatable bonds is 2. The van der Waals surface area contributed by atoms with Crippen molar-refractivity contribution in [2.45, 2.75) is 84.5 Å². The molecule has 3 rings (SSSR count). The van der Waals surface area contributed by atoms with Crippen molar-refractivity contribution in [3.63, 3.8) is 0 Å². The lowest BCUT2D eigenvalue weighted by Crippen LogP contribution is -2.20. The van der Waals surface area contributed by atoms with Crippen LogP contribution in [0.5, 0.6) is 0 Å². The van der Waals surface area contributed by atoms with Crippen LogP contribution < -0.4 is 5.43 Å². The third-order valence-corrected chi connectivity index (χ3v) is 5.59. The Morgan fingerprint density at radius 1 is 1.00 bits per heavy atom. The van der Waals surface area contributed by atoms with Crippen LogP contribution in [0.1, 0.15) is 92.4 Å². The minimum atomic E-state index is -0.176. The monoisotopic (exact) mass is 383 g/mol. The SMILES string of the molecule is Cc1cc(C(=O)NN=C2CCCCCCCCCCC2)c2c(C)nn(C)c2n1. The first kappa shape index (κ1) is 20.5. The topological polar surface area (TPSA) is 72.2 Å². The van der Waals surface area contributed by atoms with Crippen molar-refractivity contribution in [3.8, 4) is 0 Å². The predicted molar refractivity (Wildman–Crippen MR) is 114 cm³/mol. The summed E-state index contributed by atoms with van der Waals surface area (Å²) >= 11 is 0. The first-order valence-corrected chi connectivity index (χ1v) is 10.7. The number of amides is 1. The summed E-state index contributed by atoms with van der Waals surface area (Å²) in [5.74, 6) is -0.176. The molecule has 0 aromatic carbocycles. The fourth-order valence-corrected chi connectivity index (χ4v) is 4.07. The van der Waals surface area contributed by atoms with Gasteiger partial charge in [0.15, 0.2) is 5.65 Å². The van der Waals surface area contributed by atoms with E-state index >= 15 is 0 Å². The summed E-state index contributed by atoms with van der Waals surface area (Å²) in [7, 11) is 1.86. The summed E-state index contributed by atoms with van der Waals surface area (Å²) in [6.07, 6.45) is 13.5. The standard InChI is InChI=1S/C22H33N5O/c1-16-15-19(20-17(2)26-27(3)21(20)23-16)22(28)25-24-18-13-11-9-7-5-4-6-8-10-12-14-18/h15H,4-14H2,1-3H3,(H,25,28). The van der Waals surface area contributed by atoms with E-state index in [1.807, 2.05) is 27.0 Å². The van der Waals surface area contributed by atoms with Crippen LogP contribution in [-0.4, -0.2) is 26.4 Å². The minimum Gasteiger partial charge on any atom is -0.267 e. The van der Waals surface area contributed by atoms with Crippen LogP contribution in [-0.2, 0) is 7.05 Å². The van der Waals surface area contributed by atoms with Crippen LogP contribution in [0.25, 0.3) is 11.0 Å². The smallest absolute Gasteiger partial charge is 0.267 e. The van der Waals surface area contributed by atoms with Crippen molar-refractivity contribution < 1.29 is 4.79 Å². The second-order valence-corrected chi connectivity index (χ2v) is 8.02. The molecule has 28 heavy (non-hydrogen) atoms. The van der Waals surface area contributed by atoms with Crippen molar-refractivity contribution in [1.29, 1.82) is 0 Å². The molecule has 0 radical (unpaired) electrons. The summed E-state index contributed by atoms with van der Waals surface area (Å²) in [6, 6.07) is 1.83. The Morgan fingerprint density at radius 3 is 2.18 bits per heavy atom. The quantitative estimate of drug-likeness (QED) is 0.744. The summed E-state index contributed by atoms with van der Waals surface area (Å²) in [6.45, 7) is 3.81. The molecule has 1 aliphatic carbocycles. The van der Waals surface area contributed by atoms with E-state index in [1.165, 1.54) is 44.9 Å². The number of hydrazone groups is 1. The van der Waals surface area contributed by atoms with Crippen LogP contribution in [0.15, 0.2) is 11.2 Å². The zero-order valence-electron chi connectivity index (χ0n) is 17.6. The lowest BCUT2D eigenvalue weighted by Gasteiger charge is -2.10. The number of nitrogens with one attached hydrogen (secondary N) is 1. The Labute approximate surface area is 167 Å². The molecule has 2 aromatic rings. The van der Waals surface area contributed by atoms with Gasteiger partial charge in [-0.3, -0.25) is 9.48 Å². The lowest BCUT2D eigenvalue weighted by molar-refractivity contribution is 0.0956. The molecule has 1 amide bonds. The van der Waals surface area contributed by atoms with Crippen LogP contribution in [0.2, 0.25) is 0 Å². The lowest BCUT2D eigenvalue weighted by atomic mass is 10.00. The molecule has 1 saturated carbocycles. The van der Waals surface area contributed by atoms with E-state index in [1.54, 1.807) is 4.68 Å². The number of aromatic nitrogens is 3. The fraction of sp³-hybridized carbons (Fsp3) is 0.636. The van der Waals surface area contributed by atoms with E-state index in [0.717, 1.165) is 53.8 Å². The van der Waals surface area contributed by atoms with E-state index in [0.29, 0.717) is 5.56 Å². The average Bonchev–Trinajstić information content (AvgIpc) is 2.94. The summed E-state index contributed by atoms with van der Waals surface area (Å²) in [5, 5.41) is 9.76. The highest BCUT2D eigenvalue weighted by Gasteiger charge is 2.17. The molecular formula is C22H33N5O. The number of nitrogens with zero attached hydrogens (tertiary/aromatic N) is 4. The van der Waals surface area contributed by atoms with Gasteiger partial charge in [-0.1, -0.05) is 44.9 Å². The van der Waals surface area contributed by atoms with Crippen molar-refractivity contribution in [2.75, 3.05) is 0 Å². The first-order chi connectivity index (χ1) is 13.6. The van der Waals surface area contributed by atoms with Crippen molar-refractivity contribution in [1.82, 2.24) is 20.2 Å². The normalized spacial score (nSPS) is 17.0. The first-order valence-electron chi connectivity index (χ1n) is 10.7. The van der Waals surface area contributed by atoms with Crippen molar-refractivity contribution in [2.24, 2.45) is 12.1 Å². The molecule has 1 N–H and O–H groups in total. The van der Waals surface area contributed by atoms with E-state index < -0.39 is 0 Å². The highest BCUT2D eigenvalue weighted by molar-refractivity contribution is 6.06. The number of hydrogen-bond acceptors (Lipinski definition) is 4. The Bertz CT molecular complexity index is 838. The van der Waals surface area contributed by atoms with E-state index in [9.17, 15) is 4.79 Å². The summed E-state index contributed by atoms with van der Waals surface area (Å²) in [5.41, 5.74) is 6.90. The number of carbonyl (C=O) groups excluding carboxylic acids is 1. The average molecular weight is 384 g/mol. The van der Waals surface area contributed by atoms with Gasteiger partial charge in [0.2, 0.25) is 0 Å². The number of fused-ring (bicyclic) bond motifs is 1. The minimum absolute atomic E-state index is 0.176. The molecule has 0 bridgehead atoms. The molecule has 0 unspecified atom stereocenters. The number of hydrogen-bond donors (Lipinski definition) is 1. The summed E-state index contributed by atoms with van der Waals surface area (Å²) in [4.78, 5) is 17.4. The maximum absolute atomic E-state index is 12.9. The van der Waals surface area contributed by atoms with E-state index in [4.69, 9.17) is 0 Å². The van der Waals surface area contributed by atoms with Gasteiger partial charge in [0.05, 0.1) is 16.6 Å². The Hall–Kier alpha value is -2.24. The van der Waals surface area contributed by atoms with Gasteiger partial charge in [0.25, 0.3) is 5.91 Å². The second-order valence-electron chi connectivity index (χ2n) is 8.02. The Kier molecular flexibility index (Phi) is 7.18. The van der Waals surface area contributed by atoms with Gasteiger partial charge in [-0.15, -0.1) is 0 Å². The van der Waals surface area contributed by atoms with Crippen molar-refractivity contribution >= 4 is 22.7 Å². The van der Waals surface area contributed by atoms with Gasteiger partial charge in [-0.2, -0.15) is 10.2 Å². The van der Waals surface area contributed by atoms with Crippen molar-refractivity contribution in [3.05, 3.63) is 23.0 Å². The molecule has 0 aliphatic heterocycles. The molecule has 1 aliphatic rings. The molecule has 0 spiro atoms. The second kappa shape index (κ2) is 9.80.